The molecule has 2 fully saturated rings. The van der Waals surface area contributed by atoms with Gasteiger partial charge in [0.2, 0.25) is 0 Å². The summed E-state index contributed by atoms with van der Waals surface area (Å²) in [6, 6.07) is 12.6. The summed E-state index contributed by atoms with van der Waals surface area (Å²) in [6.45, 7) is 1.58. The first-order chi connectivity index (χ1) is 22.6. The lowest BCUT2D eigenvalue weighted by molar-refractivity contribution is -0.0400. The number of pyridine rings is 2. The number of rotatable bonds is 6. The van der Waals surface area contributed by atoms with E-state index in [0.717, 1.165) is 57.2 Å². The summed E-state index contributed by atoms with van der Waals surface area (Å²) in [4.78, 5) is 28.0. The minimum Gasteiger partial charge on any atom is -0.382 e. The van der Waals surface area contributed by atoms with Crippen LogP contribution in [0.2, 0.25) is 0 Å². The van der Waals surface area contributed by atoms with E-state index in [0.29, 0.717) is 23.4 Å². The number of aliphatic hydroxyl groups is 1. The molecule has 0 saturated carbocycles. The molecule has 0 spiro atoms. The fourth-order valence-corrected chi connectivity index (χ4v) is 4.80. The number of aromatic amines is 1. The third-order valence-corrected chi connectivity index (χ3v) is 7.59. The predicted octanol–water partition coefficient (Wildman–Crippen LogP) is 6.00. The normalized spacial score (nSPS) is 17.5. The molecule has 5 aromatic heterocycles. The second kappa shape index (κ2) is 20.9. The smallest absolute Gasteiger partial charge is 0.170 e. The van der Waals surface area contributed by atoms with Crippen LogP contribution in [0.1, 0.15) is 96.7 Å². The van der Waals surface area contributed by atoms with E-state index < -0.39 is 6.10 Å². The fourth-order valence-electron chi connectivity index (χ4n) is 4.48. The second-order valence-corrected chi connectivity index (χ2v) is 11.4. The van der Waals surface area contributed by atoms with Gasteiger partial charge >= 0.3 is 0 Å². The van der Waals surface area contributed by atoms with Gasteiger partial charge in [-0.05, 0) is 109 Å². The molecular weight excluding hydrogens is 715 g/mol. The molecule has 13 nitrogen and oxygen atoms in total. The van der Waals surface area contributed by atoms with E-state index in [1.807, 2.05) is 24.4 Å². The van der Waals surface area contributed by atoms with Crippen molar-refractivity contribution in [2.45, 2.75) is 64.5 Å². The minimum atomic E-state index is -0.715. The zero-order valence-corrected chi connectivity index (χ0v) is 27.4. The monoisotopic (exact) mass is 756 g/mol. The number of aldehydes is 2. The van der Waals surface area contributed by atoms with Crippen LogP contribution < -0.4 is 0 Å². The van der Waals surface area contributed by atoms with E-state index >= 15 is 0 Å². The van der Waals surface area contributed by atoms with Gasteiger partial charge in [-0.25, -0.2) is 9.36 Å². The maximum Gasteiger partial charge on any atom is 0.170 e. The van der Waals surface area contributed by atoms with Crippen LogP contribution in [0.5, 0.6) is 0 Å². The Kier molecular flexibility index (Phi) is 16.6. The molecule has 2 N–H and O–H groups in total. The largest absolute Gasteiger partial charge is 0.382 e. The minimum absolute atomic E-state index is 0. The van der Waals surface area contributed by atoms with E-state index in [4.69, 9.17) is 9.47 Å². The van der Waals surface area contributed by atoms with Crippen LogP contribution in [0.25, 0.3) is 0 Å². The van der Waals surface area contributed by atoms with Crippen molar-refractivity contribution in [3.05, 3.63) is 112 Å². The maximum absolute atomic E-state index is 10.4. The Morgan fingerprint density at radius 2 is 1.38 bits per heavy atom. The number of H-pyrrole nitrogens is 1. The number of nitrogens with zero attached hydrogens (tertiary/aromatic N) is 7. The molecule has 7 rings (SSSR count). The van der Waals surface area contributed by atoms with E-state index in [1.165, 1.54) is 16.2 Å². The van der Waals surface area contributed by atoms with Crippen LogP contribution in [0.3, 0.4) is 0 Å². The molecule has 0 radical (unpaired) electrons. The van der Waals surface area contributed by atoms with Gasteiger partial charge in [0.15, 0.2) is 12.6 Å². The molecule has 250 valence electrons. The Labute approximate surface area is 287 Å². The summed E-state index contributed by atoms with van der Waals surface area (Å²) >= 11 is 2.24. The number of halogens is 1. The van der Waals surface area contributed by atoms with Gasteiger partial charge in [0.05, 0.1) is 11.4 Å². The molecule has 7 heterocycles. The van der Waals surface area contributed by atoms with Gasteiger partial charge in [-0.2, -0.15) is 15.3 Å². The van der Waals surface area contributed by atoms with Crippen LogP contribution in [-0.2, 0) is 9.47 Å². The topological polar surface area (TPSA) is 163 Å². The van der Waals surface area contributed by atoms with Crippen LogP contribution in [-0.4, -0.2) is 70.6 Å². The van der Waals surface area contributed by atoms with Crippen molar-refractivity contribution in [1.29, 1.82) is 0 Å². The highest BCUT2D eigenvalue weighted by Gasteiger charge is 2.19. The molecule has 0 bridgehead atoms. The molecule has 3 unspecified atom stereocenters. The van der Waals surface area contributed by atoms with Gasteiger partial charge in [0.25, 0.3) is 0 Å². The third kappa shape index (κ3) is 12.5. The van der Waals surface area contributed by atoms with Crippen molar-refractivity contribution in [2.24, 2.45) is 0 Å². The van der Waals surface area contributed by atoms with Crippen molar-refractivity contribution < 1.29 is 24.2 Å². The Morgan fingerprint density at radius 1 is 0.787 bits per heavy atom. The molecule has 3 atom stereocenters. The molecule has 2 aliphatic rings. The highest BCUT2D eigenvalue weighted by molar-refractivity contribution is 14.1. The Morgan fingerprint density at radius 3 is 1.83 bits per heavy atom. The molecule has 2 aliphatic heterocycles. The molecule has 0 aromatic carbocycles. The number of carbonyl (C=O) groups is 2. The first-order valence-corrected chi connectivity index (χ1v) is 16.0. The van der Waals surface area contributed by atoms with Crippen LogP contribution in [0, 0.1) is 3.57 Å². The van der Waals surface area contributed by atoms with E-state index in [1.54, 1.807) is 64.6 Å². The van der Waals surface area contributed by atoms with Gasteiger partial charge < -0.3 is 14.6 Å². The van der Waals surface area contributed by atoms with Crippen molar-refractivity contribution in [1.82, 2.24) is 39.7 Å². The van der Waals surface area contributed by atoms with Gasteiger partial charge in [-0.15, -0.1) is 0 Å². The van der Waals surface area contributed by atoms with E-state index in [9.17, 15) is 14.7 Å². The van der Waals surface area contributed by atoms with Crippen LogP contribution in [0.4, 0.5) is 0 Å². The molecule has 0 aliphatic carbocycles. The number of aliphatic hydroxyl groups excluding tert-OH is 1. The van der Waals surface area contributed by atoms with Crippen molar-refractivity contribution in [3.8, 4) is 0 Å². The highest BCUT2D eigenvalue weighted by atomic mass is 127. The number of ether oxygens (including phenoxy) is 2. The summed E-state index contributed by atoms with van der Waals surface area (Å²) in [6.07, 6.45) is 19.4. The molecule has 2 saturated heterocycles. The summed E-state index contributed by atoms with van der Waals surface area (Å²) in [5, 5.41) is 24.8. The fraction of sp³-hybridized carbons (Fsp3) is 0.364. The molecule has 0 amide bonds. The second-order valence-electron chi connectivity index (χ2n) is 10.2. The van der Waals surface area contributed by atoms with Crippen molar-refractivity contribution >= 4 is 35.2 Å². The van der Waals surface area contributed by atoms with Crippen molar-refractivity contribution in [2.75, 3.05) is 13.2 Å². The molecule has 14 heteroatoms. The summed E-state index contributed by atoms with van der Waals surface area (Å²) in [5.74, 6) is 0. The zero-order valence-electron chi connectivity index (χ0n) is 25.2. The lowest BCUT2D eigenvalue weighted by atomic mass is 10.1. The zero-order chi connectivity index (χ0) is 32.4. The van der Waals surface area contributed by atoms with Crippen molar-refractivity contribution in [3.63, 3.8) is 0 Å². The quantitative estimate of drug-likeness (QED) is 0.155. The predicted molar refractivity (Wildman–Crippen MR) is 183 cm³/mol. The number of hydrogen-bond donors (Lipinski definition) is 2. The number of nitrogens with one attached hydrogen (secondary N) is 1. The van der Waals surface area contributed by atoms with Crippen LogP contribution in [0.15, 0.2) is 85.8 Å². The molecular formula is C33H41IN8O5. The van der Waals surface area contributed by atoms with Gasteiger partial charge in [-0.1, -0.05) is 7.43 Å². The van der Waals surface area contributed by atoms with Crippen LogP contribution >= 0.6 is 22.6 Å². The first kappa shape index (κ1) is 37.3. The lowest BCUT2D eigenvalue weighted by Gasteiger charge is -2.22. The first-order valence-electron chi connectivity index (χ1n) is 14.9. The molecule has 47 heavy (non-hydrogen) atoms. The van der Waals surface area contributed by atoms with Gasteiger partial charge in [-0.3, -0.25) is 24.7 Å². The van der Waals surface area contributed by atoms with E-state index in [-0.39, 0.29) is 19.9 Å². The SMILES string of the molecule is C.Ic1ccncc1.O=Cc1ccn(C2CCCCO2)n1.O=Cc1ccn[nH]1.OC(c1ccncc1)c1ccn(C2CCCCO2)n1. The van der Waals surface area contributed by atoms with Gasteiger partial charge in [0, 0.05) is 60.2 Å². The highest BCUT2D eigenvalue weighted by Crippen LogP contribution is 2.25. The average Bonchev–Trinajstić information content (AvgIpc) is 3.93. The number of aromatic nitrogens is 8. The molecule has 5 aromatic rings. The van der Waals surface area contributed by atoms with Gasteiger partial charge in [0.1, 0.15) is 24.3 Å². The Bertz CT molecular complexity index is 1540. The van der Waals surface area contributed by atoms with E-state index in [2.05, 4.69) is 53.0 Å². The lowest BCUT2D eigenvalue weighted by Crippen LogP contribution is -2.18. The number of carbonyl (C=O) groups excluding carboxylic acids is 2. The Hall–Kier alpha value is -4.12. The third-order valence-electron chi connectivity index (χ3n) is 6.87. The maximum atomic E-state index is 10.4. The average molecular weight is 757 g/mol. The summed E-state index contributed by atoms with van der Waals surface area (Å²) in [5.41, 5.74) is 2.42. The summed E-state index contributed by atoms with van der Waals surface area (Å²) in [7, 11) is 0. The standard InChI is InChI=1S/C14H17N3O2.C9H12N2O2.C5H4IN.C4H4N2O.CH4/c18-14(11-4-7-15-8-5-11)12-6-9-17(16-12)13-3-1-2-10-19-13;12-7-8-4-5-11(10-8)9-3-1-2-6-13-9;6-5-1-3-7-4-2-5;7-3-4-1-2-5-6-4;/h4-9,13-14,18H,1-3,10H2;4-5,7,9H,1-3,6H2;1-4H;1-3H,(H,5,6);1H4. The number of hydrogen-bond acceptors (Lipinski definition) is 10. The summed E-state index contributed by atoms with van der Waals surface area (Å²) < 4.78 is 15.9. The Balaban J connectivity index is 0.000000185.